The maximum atomic E-state index is 12.7. The number of aromatic nitrogens is 2. The average Bonchev–Trinajstić information content (AvgIpc) is 3.28. The van der Waals surface area contributed by atoms with Gasteiger partial charge in [-0.15, -0.1) is 0 Å². The third-order valence-corrected chi connectivity index (χ3v) is 6.14. The van der Waals surface area contributed by atoms with Crippen molar-refractivity contribution < 1.29 is 13.2 Å². The second-order valence-corrected chi connectivity index (χ2v) is 8.49. The highest BCUT2D eigenvalue weighted by Crippen LogP contribution is 2.36. The fourth-order valence-corrected chi connectivity index (χ4v) is 4.16. The molecule has 1 aliphatic carbocycles. The zero-order valence-corrected chi connectivity index (χ0v) is 15.5. The molecule has 2 aromatic rings. The van der Waals surface area contributed by atoms with Crippen molar-refractivity contribution in [1.82, 2.24) is 19.2 Å². The van der Waals surface area contributed by atoms with Gasteiger partial charge in [-0.05, 0) is 38.0 Å². The Morgan fingerprint density at radius 2 is 1.92 bits per heavy atom. The van der Waals surface area contributed by atoms with Gasteiger partial charge in [0.15, 0.2) is 0 Å². The smallest absolute Gasteiger partial charge is 0.332 e. The van der Waals surface area contributed by atoms with Gasteiger partial charge in [-0.1, -0.05) is 0 Å². The molecule has 140 valence electrons. The second-order valence-electron chi connectivity index (χ2n) is 6.81. The van der Waals surface area contributed by atoms with Gasteiger partial charge in [0.2, 0.25) is 15.9 Å². The lowest BCUT2D eigenvalue weighted by Crippen LogP contribution is -2.43. The predicted octanol–water partition coefficient (Wildman–Crippen LogP) is -0.375. The first-order chi connectivity index (χ1) is 12.0. The Kier molecular flexibility index (Phi) is 4.27. The van der Waals surface area contributed by atoms with Crippen LogP contribution in [0.15, 0.2) is 32.7 Å². The van der Waals surface area contributed by atoms with Crippen molar-refractivity contribution >= 4 is 26.8 Å². The van der Waals surface area contributed by atoms with E-state index in [1.165, 1.54) is 36.7 Å². The van der Waals surface area contributed by atoms with Crippen LogP contribution in [-0.2, 0) is 28.5 Å². The Hall–Kier alpha value is -2.46. The molecule has 2 N–H and O–H groups in total. The monoisotopic (exact) mass is 380 g/mol. The van der Waals surface area contributed by atoms with Crippen molar-refractivity contribution in [3.8, 4) is 0 Å². The highest BCUT2D eigenvalue weighted by Gasteiger charge is 2.41. The highest BCUT2D eigenvalue weighted by molar-refractivity contribution is 7.89. The van der Waals surface area contributed by atoms with Gasteiger partial charge in [0, 0.05) is 19.5 Å². The SMILES string of the molecule is CC(=O)NCn1c(=O)c2cc(S(=O)(=O)NC3(C)CC3)ccc2n(C)c1=O. The molecule has 0 aliphatic heterocycles. The van der Waals surface area contributed by atoms with E-state index in [9.17, 15) is 22.8 Å². The van der Waals surface area contributed by atoms with Crippen LogP contribution in [-0.4, -0.2) is 29.0 Å². The summed E-state index contributed by atoms with van der Waals surface area (Å²) in [6, 6.07) is 4.06. The zero-order chi connectivity index (χ0) is 19.3. The molecule has 1 aromatic carbocycles. The van der Waals surface area contributed by atoms with Crippen LogP contribution in [0.3, 0.4) is 0 Å². The van der Waals surface area contributed by atoms with Crippen molar-refractivity contribution in [3.63, 3.8) is 0 Å². The molecule has 1 amide bonds. The Labute approximate surface area is 149 Å². The van der Waals surface area contributed by atoms with Gasteiger partial charge in [-0.2, -0.15) is 0 Å². The van der Waals surface area contributed by atoms with Gasteiger partial charge < -0.3 is 5.32 Å². The van der Waals surface area contributed by atoms with Gasteiger partial charge >= 0.3 is 5.69 Å². The lowest BCUT2D eigenvalue weighted by Gasteiger charge is -2.14. The van der Waals surface area contributed by atoms with E-state index in [0.29, 0.717) is 5.52 Å². The third-order valence-electron chi connectivity index (χ3n) is 4.50. The number of nitrogens with one attached hydrogen (secondary N) is 2. The number of aryl methyl sites for hydroxylation is 1. The molecule has 0 spiro atoms. The molecule has 3 rings (SSSR count). The number of hydrogen-bond acceptors (Lipinski definition) is 5. The number of carbonyl (C=O) groups excluding carboxylic acids is 1. The lowest BCUT2D eigenvalue weighted by molar-refractivity contribution is -0.119. The minimum absolute atomic E-state index is 0.0417. The largest absolute Gasteiger partial charge is 0.338 e. The molecule has 1 fully saturated rings. The van der Waals surface area contributed by atoms with E-state index in [1.54, 1.807) is 0 Å². The minimum atomic E-state index is -3.78. The van der Waals surface area contributed by atoms with Gasteiger partial charge in [-0.25, -0.2) is 22.5 Å². The number of fused-ring (bicyclic) bond motifs is 1. The maximum absolute atomic E-state index is 12.7. The zero-order valence-electron chi connectivity index (χ0n) is 14.7. The van der Waals surface area contributed by atoms with Crippen molar-refractivity contribution in [2.75, 3.05) is 0 Å². The molecule has 26 heavy (non-hydrogen) atoms. The molecular formula is C16H20N4O5S. The van der Waals surface area contributed by atoms with E-state index >= 15 is 0 Å². The van der Waals surface area contributed by atoms with Gasteiger partial charge in [0.1, 0.15) is 6.67 Å². The Morgan fingerprint density at radius 3 is 2.50 bits per heavy atom. The molecular weight excluding hydrogens is 360 g/mol. The summed E-state index contributed by atoms with van der Waals surface area (Å²) in [7, 11) is -2.30. The molecule has 0 atom stereocenters. The molecule has 0 radical (unpaired) electrons. The summed E-state index contributed by atoms with van der Waals surface area (Å²) in [4.78, 5) is 36.1. The van der Waals surface area contributed by atoms with Crippen molar-refractivity contribution in [2.24, 2.45) is 7.05 Å². The van der Waals surface area contributed by atoms with Crippen LogP contribution in [0.5, 0.6) is 0 Å². The molecule has 0 saturated heterocycles. The van der Waals surface area contributed by atoms with Crippen molar-refractivity contribution in [1.29, 1.82) is 0 Å². The summed E-state index contributed by atoms with van der Waals surface area (Å²) < 4.78 is 29.8. The van der Waals surface area contributed by atoms with E-state index in [1.807, 2.05) is 6.92 Å². The van der Waals surface area contributed by atoms with Gasteiger partial charge in [-0.3, -0.25) is 14.2 Å². The molecule has 1 saturated carbocycles. The standard InChI is InChI=1S/C16H20N4O5S/c1-10(21)17-9-20-14(22)12-8-11(4-5-13(12)19(3)15(20)23)26(24,25)18-16(2)6-7-16/h4-5,8,18H,6-7,9H2,1-3H3,(H,17,21). The fraction of sp³-hybridized carbons (Fsp3) is 0.438. The fourth-order valence-electron chi connectivity index (χ4n) is 2.67. The van der Waals surface area contributed by atoms with Crippen molar-refractivity contribution in [3.05, 3.63) is 39.0 Å². The van der Waals surface area contributed by atoms with Crippen molar-refractivity contribution in [2.45, 2.75) is 43.8 Å². The minimum Gasteiger partial charge on any atom is -0.338 e. The summed E-state index contributed by atoms with van der Waals surface area (Å²) >= 11 is 0. The Bertz CT molecular complexity index is 1130. The van der Waals surface area contributed by atoms with E-state index in [2.05, 4.69) is 10.0 Å². The maximum Gasteiger partial charge on any atom is 0.332 e. The number of amides is 1. The van der Waals surface area contributed by atoms with Crippen LogP contribution in [0.25, 0.3) is 10.9 Å². The Balaban J connectivity index is 2.15. The summed E-state index contributed by atoms with van der Waals surface area (Å²) in [6.45, 7) is 2.80. The van der Waals surface area contributed by atoms with E-state index < -0.39 is 32.7 Å². The summed E-state index contributed by atoms with van der Waals surface area (Å²) in [5.74, 6) is -0.391. The molecule has 0 bridgehead atoms. The van der Waals surface area contributed by atoms with Crippen LogP contribution in [0, 0.1) is 0 Å². The number of carbonyl (C=O) groups is 1. The summed E-state index contributed by atoms with van der Waals surface area (Å²) in [6.07, 6.45) is 1.52. The molecule has 0 unspecified atom stereocenters. The molecule has 1 aliphatic rings. The molecule has 9 nitrogen and oxygen atoms in total. The summed E-state index contributed by atoms with van der Waals surface area (Å²) in [5.41, 5.74) is -1.39. The van der Waals surface area contributed by atoms with E-state index in [-0.39, 0.29) is 17.0 Å². The van der Waals surface area contributed by atoms with Gasteiger partial charge in [0.25, 0.3) is 5.56 Å². The molecule has 1 heterocycles. The second kappa shape index (κ2) is 6.06. The number of sulfonamides is 1. The van der Waals surface area contributed by atoms with Crippen LogP contribution in [0.4, 0.5) is 0 Å². The number of rotatable bonds is 5. The number of nitrogens with zero attached hydrogens (tertiary/aromatic N) is 2. The topological polar surface area (TPSA) is 119 Å². The highest BCUT2D eigenvalue weighted by atomic mass is 32.2. The first-order valence-corrected chi connectivity index (χ1v) is 9.54. The molecule has 10 heteroatoms. The number of benzene rings is 1. The normalized spacial score (nSPS) is 15.8. The summed E-state index contributed by atoms with van der Waals surface area (Å²) in [5, 5.41) is 2.48. The molecule has 1 aromatic heterocycles. The van der Waals surface area contributed by atoms with E-state index in [0.717, 1.165) is 17.4 Å². The van der Waals surface area contributed by atoms with Crippen LogP contribution >= 0.6 is 0 Å². The van der Waals surface area contributed by atoms with Crippen LogP contribution in [0.1, 0.15) is 26.7 Å². The van der Waals surface area contributed by atoms with Crippen LogP contribution in [0.2, 0.25) is 0 Å². The predicted molar refractivity (Wildman–Crippen MR) is 95.2 cm³/mol. The third kappa shape index (κ3) is 3.29. The number of hydrogen-bond donors (Lipinski definition) is 2. The first kappa shape index (κ1) is 18.3. The van der Waals surface area contributed by atoms with Gasteiger partial charge in [0.05, 0.1) is 15.8 Å². The van der Waals surface area contributed by atoms with E-state index in [4.69, 9.17) is 0 Å². The van der Waals surface area contributed by atoms with Crippen LogP contribution < -0.4 is 21.3 Å². The Morgan fingerprint density at radius 1 is 1.27 bits per heavy atom. The quantitative estimate of drug-likeness (QED) is 0.733. The average molecular weight is 380 g/mol. The lowest BCUT2D eigenvalue weighted by atomic mass is 10.2. The first-order valence-electron chi connectivity index (χ1n) is 8.06.